The Morgan fingerprint density at radius 3 is 1.93 bits per heavy atom. The molecule has 0 saturated heterocycles. The maximum Gasteiger partial charge on any atom is 0.323 e. The summed E-state index contributed by atoms with van der Waals surface area (Å²) in [5.41, 5.74) is 1.71. The first-order valence-electron chi connectivity index (χ1n) is 8.90. The van der Waals surface area contributed by atoms with E-state index in [9.17, 15) is 9.59 Å². The van der Waals surface area contributed by atoms with Crippen molar-refractivity contribution >= 4 is 29.0 Å². The molecule has 0 unspecified atom stereocenters. The molecule has 0 heterocycles. The number of nitrogens with one attached hydrogen (secondary N) is 3. The number of amides is 3. The summed E-state index contributed by atoms with van der Waals surface area (Å²) >= 11 is 0. The lowest BCUT2D eigenvalue weighted by atomic mass is 10.2. The van der Waals surface area contributed by atoms with E-state index in [-0.39, 0.29) is 25.0 Å². The highest BCUT2D eigenvalue weighted by Gasteiger charge is 2.10. The van der Waals surface area contributed by atoms with Crippen molar-refractivity contribution < 1.29 is 14.3 Å². The molecule has 0 radical (unpaired) electrons. The molecule has 0 fully saturated rings. The normalized spacial score (nSPS) is 10.0. The summed E-state index contributed by atoms with van der Waals surface area (Å²) in [5.74, 6) is 0.517. The zero-order valence-electron chi connectivity index (χ0n) is 15.2. The summed E-state index contributed by atoms with van der Waals surface area (Å²) in [6, 6.07) is 25.1. The molecule has 6 nitrogen and oxygen atoms in total. The van der Waals surface area contributed by atoms with Gasteiger partial charge < -0.3 is 20.7 Å². The highest BCUT2D eigenvalue weighted by Crippen LogP contribution is 2.21. The Labute approximate surface area is 163 Å². The molecule has 0 saturated carbocycles. The largest absolute Gasteiger partial charge is 0.493 e. The van der Waals surface area contributed by atoms with E-state index in [0.29, 0.717) is 17.1 Å². The predicted octanol–water partition coefficient (Wildman–Crippen LogP) is 4.74. The SMILES string of the molecule is O=C(CCOc1ccccc1)Nc1ccccc1NC(=O)Nc1ccccc1. The van der Waals surface area contributed by atoms with Gasteiger partial charge in [-0.15, -0.1) is 0 Å². The number of carbonyl (C=O) groups excluding carboxylic acids is 2. The number of anilines is 3. The predicted molar refractivity (Wildman–Crippen MR) is 111 cm³/mol. The second-order valence-electron chi connectivity index (χ2n) is 5.95. The number of benzene rings is 3. The van der Waals surface area contributed by atoms with E-state index in [2.05, 4.69) is 16.0 Å². The van der Waals surface area contributed by atoms with Gasteiger partial charge in [-0.2, -0.15) is 0 Å². The van der Waals surface area contributed by atoms with Crippen LogP contribution in [-0.4, -0.2) is 18.5 Å². The summed E-state index contributed by atoms with van der Waals surface area (Å²) < 4.78 is 5.53. The third-order valence-corrected chi connectivity index (χ3v) is 3.82. The fraction of sp³-hybridized carbons (Fsp3) is 0.0909. The van der Waals surface area contributed by atoms with Crippen LogP contribution in [0.15, 0.2) is 84.9 Å². The van der Waals surface area contributed by atoms with Gasteiger partial charge in [0.1, 0.15) is 5.75 Å². The summed E-state index contributed by atoms with van der Waals surface area (Å²) in [6.45, 7) is 0.264. The fourth-order valence-corrected chi connectivity index (χ4v) is 2.50. The van der Waals surface area contributed by atoms with Crippen LogP contribution >= 0.6 is 0 Å². The van der Waals surface area contributed by atoms with Crippen molar-refractivity contribution in [1.82, 2.24) is 0 Å². The van der Waals surface area contributed by atoms with Gasteiger partial charge in [0.25, 0.3) is 0 Å². The molecule has 0 atom stereocenters. The monoisotopic (exact) mass is 375 g/mol. The van der Waals surface area contributed by atoms with Gasteiger partial charge in [-0.25, -0.2) is 4.79 Å². The highest BCUT2D eigenvalue weighted by atomic mass is 16.5. The maximum atomic E-state index is 12.2. The minimum Gasteiger partial charge on any atom is -0.493 e. The number of rotatable bonds is 7. The molecule has 0 spiro atoms. The quantitative estimate of drug-likeness (QED) is 0.558. The molecule has 3 aromatic carbocycles. The lowest BCUT2D eigenvalue weighted by Gasteiger charge is -2.13. The third kappa shape index (κ3) is 5.88. The number of urea groups is 1. The van der Waals surface area contributed by atoms with Crippen LogP contribution in [0.2, 0.25) is 0 Å². The highest BCUT2D eigenvalue weighted by molar-refractivity contribution is 6.03. The molecule has 28 heavy (non-hydrogen) atoms. The second kappa shape index (κ2) is 9.78. The van der Waals surface area contributed by atoms with Crippen LogP contribution in [0.5, 0.6) is 5.75 Å². The van der Waals surface area contributed by atoms with Crippen molar-refractivity contribution in [3.05, 3.63) is 84.9 Å². The Bertz CT molecular complexity index is 915. The van der Waals surface area contributed by atoms with Gasteiger partial charge in [0.05, 0.1) is 24.4 Å². The molecule has 0 bridgehead atoms. The molecule has 3 amide bonds. The van der Waals surface area contributed by atoms with E-state index in [1.807, 2.05) is 48.5 Å². The first-order valence-corrected chi connectivity index (χ1v) is 8.90. The average Bonchev–Trinajstić information content (AvgIpc) is 2.71. The zero-order valence-corrected chi connectivity index (χ0v) is 15.2. The van der Waals surface area contributed by atoms with Gasteiger partial charge in [-0.3, -0.25) is 4.79 Å². The Morgan fingerprint density at radius 2 is 1.25 bits per heavy atom. The van der Waals surface area contributed by atoms with E-state index in [4.69, 9.17) is 4.74 Å². The summed E-state index contributed by atoms with van der Waals surface area (Å²) in [4.78, 5) is 24.4. The smallest absolute Gasteiger partial charge is 0.323 e. The van der Waals surface area contributed by atoms with E-state index >= 15 is 0 Å². The Kier molecular flexibility index (Phi) is 6.62. The van der Waals surface area contributed by atoms with Crippen LogP contribution in [-0.2, 0) is 4.79 Å². The first-order chi connectivity index (χ1) is 13.7. The minimum absolute atomic E-state index is 0.194. The summed E-state index contributed by atoms with van der Waals surface area (Å²) in [7, 11) is 0. The van der Waals surface area contributed by atoms with Gasteiger partial charge >= 0.3 is 6.03 Å². The van der Waals surface area contributed by atoms with Crippen LogP contribution in [0, 0.1) is 0 Å². The third-order valence-electron chi connectivity index (χ3n) is 3.82. The summed E-state index contributed by atoms with van der Waals surface area (Å²) in [5, 5.41) is 8.30. The van der Waals surface area contributed by atoms with E-state index in [0.717, 1.165) is 5.75 Å². The van der Waals surface area contributed by atoms with E-state index in [1.165, 1.54) is 0 Å². The fourth-order valence-electron chi connectivity index (χ4n) is 2.50. The second-order valence-corrected chi connectivity index (χ2v) is 5.95. The number of hydrogen-bond acceptors (Lipinski definition) is 3. The standard InChI is InChI=1S/C22H21N3O3/c26-21(15-16-28-18-11-5-2-6-12-18)24-19-13-7-8-14-20(19)25-22(27)23-17-9-3-1-4-10-17/h1-14H,15-16H2,(H,24,26)(H2,23,25,27). The van der Waals surface area contributed by atoms with Crippen molar-refractivity contribution in [3.63, 3.8) is 0 Å². The van der Waals surface area contributed by atoms with Crippen LogP contribution in [0.1, 0.15) is 6.42 Å². The van der Waals surface area contributed by atoms with Gasteiger partial charge in [0.15, 0.2) is 0 Å². The minimum atomic E-state index is -0.389. The Morgan fingerprint density at radius 1 is 0.679 bits per heavy atom. The van der Waals surface area contributed by atoms with Crippen molar-refractivity contribution in [2.75, 3.05) is 22.6 Å². The van der Waals surface area contributed by atoms with Gasteiger partial charge in [0, 0.05) is 5.69 Å². The van der Waals surface area contributed by atoms with Crippen LogP contribution in [0.25, 0.3) is 0 Å². The Balaban J connectivity index is 1.52. The summed E-state index contributed by atoms with van der Waals surface area (Å²) in [6.07, 6.45) is 0.194. The molecule has 142 valence electrons. The maximum absolute atomic E-state index is 12.2. The number of ether oxygens (including phenoxy) is 1. The number of para-hydroxylation sites is 4. The van der Waals surface area contributed by atoms with Gasteiger partial charge in [-0.1, -0.05) is 48.5 Å². The van der Waals surface area contributed by atoms with E-state index < -0.39 is 0 Å². The topological polar surface area (TPSA) is 79.5 Å². The lowest BCUT2D eigenvalue weighted by Crippen LogP contribution is -2.21. The van der Waals surface area contributed by atoms with Gasteiger partial charge in [-0.05, 0) is 36.4 Å². The van der Waals surface area contributed by atoms with Crippen molar-refractivity contribution in [1.29, 1.82) is 0 Å². The number of carbonyl (C=O) groups is 2. The number of hydrogen-bond donors (Lipinski definition) is 3. The van der Waals surface area contributed by atoms with Crippen molar-refractivity contribution in [3.8, 4) is 5.75 Å². The van der Waals surface area contributed by atoms with Crippen LogP contribution < -0.4 is 20.7 Å². The molecule has 3 aromatic rings. The van der Waals surface area contributed by atoms with Crippen molar-refractivity contribution in [2.45, 2.75) is 6.42 Å². The molecule has 3 rings (SSSR count). The molecular weight excluding hydrogens is 354 g/mol. The average molecular weight is 375 g/mol. The van der Waals surface area contributed by atoms with Crippen LogP contribution in [0.4, 0.5) is 21.9 Å². The molecule has 0 aliphatic heterocycles. The molecule has 0 aliphatic carbocycles. The molecule has 0 aliphatic rings. The molecule has 0 aromatic heterocycles. The Hall–Kier alpha value is -3.80. The first kappa shape index (κ1) is 19.0. The lowest BCUT2D eigenvalue weighted by molar-refractivity contribution is -0.116. The van der Waals surface area contributed by atoms with Crippen molar-refractivity contribution in [2.24, 2.45) is 0 Å². The van der Waals surface area contributed by atoms with Crippen LogP contribution in [0.3, 0.4) is 0 Å². The molecular formula is C22H21N3O3. The van der Waals surface area contributed by atoms with Gasteiger partial charge in [0.2, 0.25) is 5.91 Å². The molecule has 3 N–H and O–H groups in total. The van der Waals surface area contributed by atoms with E-state index in [1.54, 1.807) is 36.4 Å². The zero-order chi connectivity index (χ0) is 19.6. The molecule has 6 heteroatoms.